The van der Waals surface area contributed by atoms with Crippen molar-refractivity contribution in [1.82, 2.24) is 15.0 Å². The molecule has 0 radical (unpaired) electrons. The van der Waals surface area contributed by atoms with Gasteiger partial charge >= 0.3 is 0 Å². The summed E-state index contributed by atoms with van der Waals surface area (Å²) >= 11 is 0. The summed E-state index contributed by atoms with van der Waals surface area (Å²) in [5.74, 6) is 0.532. The molecule has 0 bridgehead atoms. The Bertz CT molecular complexity index is 1550. The van der Waals surface area contributed by atoms with Crippen molar-refractivity contribution in [1.29, 1.82) is 0 Å². The predicted molar refractivity (Wildman–Crippen MR) is 139 cm³/mol. The number of non-ortho nitro benzene ring substituents is 1. The number of aromatic nitrogens is 3. The van der Waals surface area contributed by atoms with Gasteiger partial charge in [0, 0.05) is 54.6 Å². The molecule has 5 aromatic rings. The number of aromatic hydroxyl groups is 1. The Morgan fingerprint density at radius 2 is 1.75 bits per heavy atom. The number of hydrogen-bond donors (Lipinski definition) is 2. The molecular formula is C27H22N6O3. The Morgan fingerprint density at radius 1 is 1.03 bits per heavy atom. The van der Waals surface area contributed by atoms with Crippen LogP contribution in [0.3, 0.4) is 0 Å². The van der Waals surface area contributed by atoms with Gasteiger partial charge in [-0.2, -0.15) is 0 Å². The number of rotatable bonds is 7. The van der Waals surface area contributed by atoms with Crippen molar-refractivity contribution >= 4 is 33.9 Å². The van der Waals surface area contributed by atoms with Gasteiger partial charge in [-0.1, -0.05) is 42.5 Å². The number of fused-ring (bicyclic) bond motifs is 1. The van der Waals surface area contributed by atoms with Crippen LogP contribution < -0.4 is 4.90 Å². The SMILES string of the molecule is CN(Cc1ccc(N=C(c2ccccc2)c2c(O)[nH]c3ccc([N+](=O)[O-])cc23)cc1)c1ncccn1. The van der Waals surface area contributed by atoms with E-state index in [-0.39, 0.29) is 11.6 Å². The molecule has 0 spiro atoms. The van der Waals surface area contributed by atoms with Gasteiger partial charge in [0.25, 0.3) is 5.69 Å². The minimum atomic E-state index is -0.456. The summed E-state index contributed by atoms with van der Waals surface area (Å²) in [6.45, 7) is 0.618. The van der Waals surface area contributed by atoms with Crippen LogP contribution in [0.15, 0.2) is 96.2 Å². The number of H-pyrrole nitrogens is 1. The van der Waals surface area contributed by atoms with Crippen molar-refractivity contribution in [3.8, 4) is 5.88 Å². The Hall–Kier alpha value is -5.05. The summed E-state index contributed by atoms with van der Waals surface area (Å²) in [6, 6.07) is 23.4. The molecule has 2 N–H and O–H groups in total. The van der Waals surface area contributed by atoms with E-state index in [1.54, 1.807) is 24.5 Å². The zero-order chi connectivity index (χ0) is 25.1. The summed E-state index contributed by atoms with van der Waals surface area (Å²) in [4.78, 5) is 29.2. The van der Waals surface area contributed by atoms with Crippen LogP contribution in [0.4, 0.5) is 17.3 Å². The van der Waals surface area contributed by atoms with Crippen LogP contribution in [0.1, 0.15) is 16.7 Å². The molecule has 9 heteroatoms. The summed E-state index contributed by atoms with van der Waals surface area (Å²) < 4.78 is 0. The van der Waals surface area contributed by atoms with Crippen molar-refractivity contribution in [2.75, 3.05) is 11.9 Å². The average molecular weight is 479 g/mol. The number of anilines is 1. The fourth-order valence-electron chi connectivity index (χ4n) is 4.02. The van der Waals surface area contributed by atoms with Crippen molar-refractivity contribution in [3.63, 3.8) is 0 Å². The monoisotopic (exact) mass is 478 g/mol. The van der Waals surface area contributed by atoms with Crippen LogP contribution in [-0.2, 0) is 6.54 Å². The second-order valence-electron chi connectivity index (χ2n) is 8.23. The third-order valence-corrected chi connectivity index (χ3v) is 5.75. The standard InChI is InChI=1S/C27H22N6O3/c1-32(27-28-14-5-15-29-27)17-18-8-10-20(11-9-18)30-25(19-6-3-2-4-7-19)24-22-16-21(33(35)36)12-13-23(22)31-26(24)34/h2-16,31,34H,17H2,1H3. The minimum absolute atomic E-state index is 0.0639. The number of aliphatic imine (C=N–C) groups is 1. The van der Waals surface area contributed by atoms with Crippen molar-refractivity contribution < 1.29 is 10.0 Å². The second kappa shape index (κ2) is 9.67. The van der Waals surface area contributed by atoms with E-state index in [0.717, 1.165) is 11.1 Å². The molecular weight excluding hydrogens is 456 g/mol. The lowest BCUT2D eigenvalue weighted by atomic mass is 10.0. The fraction of sp³-hybridized carbons (Fsp3) is 0.0741. The lowest BCUT2D eigenvalue weighted by molar-refractivity contribution is -0.384. The number of aromatic amines is 1. The molecule has 9 nitrogen and oxygen atoms in total. The maximum Gasteiger partial charge on any atom is 0.270 e. The Balaban J connectivity index is 1.54. The van der Waals surface area contributed by atoms with Crippen LogP contribution in [0, 0.1) is 10.1 Å². The quantitative estimate of drug-likeness (QED) is 0.184. The van der Waals surface area contributed by atoms with E-state index in [1.807, 2.05) is 66.5 Å². The van der Waals surface area contributed by atoms with E-state index in [9.17, 15) is 15.2 Å². The van der Waals surface area contributed by atoms with E-state index in [4.69, 9.17) is 4.99 Å². The largest absolute Gasteiger partial charge is 0.494 e. The van der Waals surface area contributed by atoms with Gasteiger partial charge in [-0.15, -0.1) is 0 Å². The van der Waals surface area contributed by atoms with Gasteiger partial charge in [0.2, 0.25) is 5.95 Å². The van der Waals surface area contributed by atoms with E-state index in [2.05, 4.69) is 15.0 Å². The lowest BCUT2D eigenvalue weighted by Crippen LogP contribution is -2.18. The summed E-state index contributed by atoms with van der Waals surface area (Å²) in [7, 11) is 1.92. The first kappa shape index (κ1) is 22.7. The van der Waals surface area contributed by atoms with Crippen LogP contribution in [0.2, 0.25) is 0 Å². The molecule has 2 aromatic heterocycles. The molecule has 0 fully saturated rings. The number of nitrogens with zero attached hydrogens (tertiary/aromatic N) is 5. The van der Waals surface area contributed by atoms with Gasteiger partial charge in [0.05, 0.1) is 21.9 Å². The molecule has 5 rings (SSSR count). The predicted octanol–water partition coefficient (Wildman–Crippen LogP) is 5.38. The Kier molecular flexibility index (Phi) is 6.10. The first-order chi connectivity index (χ1) is 17.5. The molecule has 0 aliphatic carbocycles. The highest BCUT2D eigenvalue weighted by Crippen LogP contribution is 2.33. The van der Waals surface area contributed by atoms with Crippen molar-refractivity contribution in [3.05, 3.63) is 118 Å². The van der Waals surface area contributed by atoms with Gasteiger partial charge in [-0.25, -0.2) is 15.0 Å². The first-order valence-electron chi connectivity index (χ1n) is 11.2. The molecule has 0 amide bonds. The first-order valence-corrected chi connectivity index (χ1v) is 11.2. The maximum atomic E-state index is 11.4. The number of nitro benzene ring substituents is 1. The Labute approximate surface area is 206 Å². The molecule has 3 aromatic carbocycles. The zero-order valence-corrected chi connectivity index (χ0v) is 19.4. The van der Waals surface area contributed by atoms with Crippen LogP contribution in [0.25, 0.3) is 10.9 Å². The van der Waals surface area contributed by atoms with E-state index in [0.29, 0.717) is 40.4 Å². The van der Waals surface area contributed by atoms with Crippen molar-refractivity contribution in [2.24, 2.45) is 4.99 Å². The molecule has 2 heterocycles. The molecule has 0 aliphatic heterocycles. The summed E-state index contributed by atoms with van der Waals surface area (Å²) in [6.07, 6.45) is 3.41. The molecule has 0 saturated heterocycles. The van der Waals surface area contributed by atoms with Crippen LogP contribution in [0.5, 0.6) is 5.88 Å². The smallest absolute Gasteiger partial charge is 0.270 e. The van der Waals surface area contributed by atoms with E-state index >= 15 is 0 Å². The van der Waals surface area contributed by atoms with Gasteiger partial charge in [0.1, 0.15) is 0 Å². The average Bonchev–Trinajstić information content (AvgIpc) is 3.24. The Morgan fingerprint density at radius 3 is 2.44 bits per heavy atom. The summed E-state index contributed by atoms with van der Waals surface area (Å²) in [5.41, 5.74) is 3.92. The normalized spacial score (nSPS) is 11.5. The lowest BCUT2D eigenvalue weighted by Gasteiger charge is -2.16. The minimum Gasteiger partial charge on any atom is -0.494 e. The van der Waals surface area contributed by atoms with Gasteiger partial charge in [-0.3, -0.25) is 10.1 Å². The maximum absolute atomic E-state index is 11.4. The number of hydrogen-bond acceptors (Lipinski definition) is 7. The third kappa shape index (κ3) is 4.62. The zero-order valence-electron chi connectivity index (χ0n) is 19.4. The highest BCUT2D eigenvalue weighted by atomic mass is 16.6. The summed E-state index contributed by atoms with van der Waals surface area (Å²) in [5, 5.41) is 22.7. The molecule has 178 valence electrons. The van der Waals surface area contributed by atoms with Gasteiger partial charge < -0.3 is 15.0 Å². The van der Waals surface area contributed by atoms with Crippen molar-refractivity contribution in [2.45, 2.75) is 6.54 Å². The second-order valence-corrected chi connectivity index (χ2v) is 8.23. The molecule has 36 heavy (non-hydrogen) atoms. The van der Waals surface area contributed by atoms with Crippen LogP contribution >= 0.6 is 0 Å². The number of nitrogens with one attached hydrogen (secondary N) is 1. The number of benzene rings is 3. The van der Waals surface area contributed by atoms with E-state index < -0.39 is 4.92 Å². The highest BCUT2D eigenvalue weighted by molar-refractivity contribution is 6.22. The molecule has 0 atom stereocenters. The van der Waals surface area contributed by atoms with Gasteiger partial charge in [-0.05, 0) is 29.8 Å². The molecule has 0 saturated carbocycles. The topological polar surface area (TPSA) is 121 Å². The third-order valence-electron chi connectivity index (χ3n) is 5.75. The number of nitro groups is 1. The van der Waals surface area contributed by atoms with Gasteiger partial charge in [0.15, 0.2) is 5.88 Å². The van der Waals surface area contributed by atoms with Crippen LogP contribution in [-0.4, -0.2) is 37.7 Å². The highest BCUT2D eigenvalue weighted by Gasteiger charge is 2.21. The molecule has 0 aliphatic rings. The van der Waals surface area contributed by atoms with E-state index in [1.165, 1.54) is 12.1 Å². The molecule has 0 unspecified atom stereocenters. The fourth-order valence-corrected chi connectivity index (χ4v) is 4.02.